The summed E-state index contributed by atoms with van der Waals surface area (Å²) < 4.78 is 1.42. The highest BCUT2D eigenvalue weighted by atomic mass is 35.5. The Morgan fingerprint density at radius 3 is 2.34 bits per heavy atom. The predicted octanol–water partition coefficient (Wildman–Crippen LogP) is 7.23. The molecule has 0 aliphatic heterocycles. The smallest absolute Gasteiger partial charge is 0.342 e. The van der Waals surface area contributed by atoms with Crippen molar-refractivity contribution in [2.45, 2.75) is 38.1 Å². The van der Waals surface area contributed by atoms with Crippen LogP contribution in [0.3, 0.4) is 0 Å². The Morgan fingerprint density at radius 2 is 1.66 bits per heavy atom. The van der Waals surface area contributed by atoms with Gasteiger partial charge in [-0.3, -0.25) is 4.79 Å². The number of hydrogen-bond acceptors (Lipinski definition) is 4. The van der Waals surface area contributed by atoms with Gasteiger partial charge in [0.15, 0.2) is 0 Å². The molecule has 0 spiro atoms. The third-order valence-electron chi connectivity index (χ3n) is 6.71. The molecule has 1 aliphatic rings. The molecule has 194 valence electrons. The summed E-state index contributed by atoms with van der Waals surface area (Å²) in [5.74, 6) is -0.351. The van der Waals surface area contributed by atoms with Crippen molar-refractivity contribution in [3.05, 3.63) is 99.7 Å². The zero-order valence-corrected chi connectivity index (χ0v) is 22.0. The average molecular weight is 549 g/mol. The fourth-order valence-electron chi connectivity index (χ4n) is 4.78. The van der Waals surface area contributed by atoms with Gasteiger partial charge in [-0.25, -0.2) is 4.79 Å². The van der Waals surface area contributed by atoms with Gasteiger partial charge >= 0.3 is 6.03 Å². The van der Waals surface area contributed by atoms with E-state index in [1.165, 1.54) is 10.7 Å². The van der Waals surface area contributed by atoms with Crippen molar-refractivity contribution < 1.29 is 14.7 Å². The number of carbonyl (C=O) groups excluding carboxylic acids is 2. The van der Waals surface area contributed by atoms with Crippen LogP contribution in [0.1, 0.15) is 53.2 Å². The Labute approximate surface area is 230 Å². The van der Waals surface area contributed by atoms with Crippen molar-refractivity contribution in [1.82, 2.24) is 15.1 Å². The lowest BCUT2D eigenvalue weighted by Crippen LogP contribution is -2.30. The van der Waals surface area contributed by atoms with Crippen LogP contribution in [0, 0.1) is 0 Å². The summed E-state index contributed by atoms with van der Waals surface area (Å²) in [6.07, 6.45) is 4.18. The summed E-state index contributed by atoms with van der Waals surface area (Å²) >= 11 is 12.3. The van der Waals surface area contributed by atoms with Gasteiger partial charge in [0.25, 0.3) is 5.91 Å². The zero-order chi connectivity index (χ0) is 26.6. The van der Waals surface area contributed by atoms with Crippen LogP contribution < -0.4 is 10.6 Å². The van der Waals surface area contributed by atoms with Crippen LogP contribution in [-0.2, 0) is 6.54 Å². The highest BCUT2D eigenvalue weighted by Crippen LogP contribution is 2.38. The molecule has 3 aromatic carbocycles. The lowest BCUT2D eigenvalue weighted by molar-refractivity contribution is 0.102. The molecule has 1 fully saturated rings. The number of halogens is 2. The third-order valence-corrected chi connectivity index (χ3v) is 7.34. The van der Waals surface area contributed by atoms with E-state index in [2.05, 4.69) is 15.7 Å². The molecule has 38 heavy (non-hydrogen) atoms. The topological polar surface area (TPSA) is 96.3 Å². The number of rotatable bonds is 6. The van der Waals surface area contributed by atoms with Crippen molar-refractivity contribution >= 4 is 40.8 Å². The maximum atomic E-state index is 13.1. The summed E-state index contributed by atoms with van der Waals surface area (Å²) in [5, 5.41) is 21.5. The Balaban J connectivity index is 1.39. The Hall–Kier alpha value is -3.81. The number of phenols is 1. The molecule has 9 heteroatoms. The fraction of sp³-hybridized carbons (Fsp3) is 0.207. The van der Waals surface area contributed by atoms with Crippen LogP contribution in [0.25, 0.3) is 11.3 Å². The van der Waals surface area contributed by atoms with Crippen molar-refractivity contribution in [3.63, 3.8) is 0 Å². The normalized spacial score (nSPS) is 13.4. The summed E-state index contributed by atoms with van der Waals surface area (Å²) in [6.45, 7) is 0.383. The first-order chi connectivity index (χ1) is 18.4. The van der Waals surface area contributed by atoms with Crippen LogP contribution in [0.4, 0.5) is 10.5 Å². The molecule has 1 aliphatic carbocycles. The molecule has 0 bridgehead atoms. The SMILES string of the molecule is O=C(Nc1ccc(-c2cc(C3CCCC3)n(C(=O)NCc3ccccc3)n2)c(O)c1)c1c(Cl)cccc1Cl. The molecule has 0 unspecified atom stereocenters. The van der Waals surface area contributed by atoms with Gasteiger partial charge in [0.1, 0.15) is 5.75 Å². The average Bonchev–Trinajstić information content (AvgIpc) is 3.58. The van der Waals surface area contributed by atoms with Crippen LogP contribution >= 0.6 is 23.2 Å². The number of aromatic hydroxyl groups is 1. The number of carbonyl (C=O) groups is 2. The fourth-order valence-corrected chi connectivity index (χ4v) is 5.35. The minimum atomic E-state index is -0.490. The number of benzene rings is 3. The van der Waals surface area contributed by atoms with Crippen molar-refractivity contribution in [1.29, 1.82) is 0 Å². The highest BCUT2D eigenvalue weighted by molar-refractivity contribution is 6.40. The zero-order valence-electron chi connectivity index (χ0n) is 20.5. The quantitative estimate of drug-likeness (QED) is 0.236. The highest BCUT2D eigenvalue weighted by Gasteiger charge is 2.26. The summed E-state index contributed by atoms with van der Waals surface area (Å²) in [4.78, 5) is 25.9. The van der Waals surface area contributed by atoms with E-state index in [1.807, 2.05) is 36.4 Å². The lowest BCUT2D eigenvalue weighted by Gasteiger charge is -2.12. The van der Waals surface area contributed by atoms with Crippen LogP contribution in [0.15, 0.2) is 72.8 Å². The van der Waals surface area contributed by atoms with E-state index in [9.17, 15) is 14.7 Å². The molecular formula is C29H26Cl2N4O3. The van der Waals surface area contributed by atoms with Gasteiger partial charge in [0.05, 0.1) is 27.0 Å². The molecule has 7 nitrogen and oxygen atoms in total. The lowest BCUT2D eigenvalue weighted by atomic mass is 10.0. The predicted molar refractivity (Wildman–Crippen MR) is 149 cm³/mol. The second-order valence-electron chi connectivity index (χ2n) is 9.27. The second kappa shape index (κ2) is 11.3. The number of nitrogens with zero attached hydrogens (tertiary/aromatic N) is 2. The van der Waals surface area contributed by atoms with E-state index in [0.717, 1.165) is 36.9 Å². The van der Waals surface area contributed by atoms with E-state index >= 15 is 0 Å². The van der Waals surface area contributed by atoms with E-state index < -0.39 is 5.91 Å². The Bertz CT molecular complexity index is 1460. The van der Waals surface area contributed by atoms with Crippen LogP contribution in [0.2, 0.25) is 10.0 Å². The van der Waals surface area contributed by atoms with E-state index in [1.54, 1.807) is 30.3 Å². The first-order valence-electron chi connectivity index (χ1n) is 12.4. The van der Waals surface area contributed by atoms with Gasteiger partial charge in [-0.2, -0.15) is 9.78 Å². The standard InChI is InChI=1S/C29H26Cl2N4O3/c30-22-11-6-12-23(31)27(22)28(37)33-20-13-14-21(26(36)15-20)24-16-25(19-9-4-5-10-19)35(34-24)29(38)32-17-18-7-2-1-3-8-18/h1-3,6-8,11-16,19,36H,4-5,9-10,17H2,(H,32,38)(H,33,37). The van der Waals surface area contributed by atoms with Crippen LogP contribution in [0.5, 0.6) is 5.75 Å². The number of anilines is 1. The molecule has 1 heterocycles. The van der Waals surface area contributed by atoms with Crippen molar-refractivity contribution in [2.24, 2.45) is 0 Å². The summed E-state index contributed by atoms with van der Waals surface area (Å²) in [7, 11) is 0. The molecular weight excluding hydrogens is 523 g/mol. The van der Waals surface area contributed by atoms with E-state index in [0.29, 0.717) is 23.5 Å². The maximum absolute atomic E-state index is 13.1. The molecule has 3 N–H and O–H groups in total. The monoisotopic (exact) mass is 548 g/mol. The minimum Gasteiger partial charge on any atom is -0.507 e. The van der Waals surface area contributed by atoms with Gasteiger partial charge in [0.2, 0.25) is 0 Å². The first-order valence-corrected chi connectivity index (χ1v) is 13.2. The minimum absolute atomic E-state index is 0.0830. The third kappa shape index (κ3) is 5.54. The maximum Gasteiger partial charge on any atom is 0.342 e. The summed E-state index contributed by atoms with van der Waals surface area (Å²) in [6, 6.07) is 20.8. The second-order valence-corrected chi connectivity index (χ2v) is 10.1. The van der Waals surface area contributed by atoms with Gasteiger partial charge in [-0.15, -0.1) is 0 Å². The van der Waals surface area contributed by atoms with E-state index in [4.69, 9.17) is 23.2 Å². The van der Waals surface area contributed by atoms with Crippen LogP contribution in [-0.4, -0.2) is 26.8 Å². The molecule has 0 saturated heterocycles. The Kier molecular flexibility index (Phi) is 7.67. The first kappa shape index (κ1) is 25.8. The number of nitrogens with one attached hydrogen (secondary N) is 2. The molecule has 1 saturated carbocycles. The van der Waals surface area contributed by atoms with Crippen molar-refractivity contribution in [2.75, 3.05) is 5.32 Å². The Morgan fingerprint density at radius 1 is 0.947 bits per heavy atom. The van der Waals surface area contributed by atoms with Gasteiger partial charge in [0, 0.05) is 29.8 Å². The van der Waals surface area contributed by atoms with Crippen molar-refractivity contribution in [3.8, 4) is 17.0 Å². The van der Waals surface area contributed by atoms with Gasteiger partial charge < -0.3 is 15.7 Å². The molecule has 0 radical (unpaired) electrons. The molecule has 5 rings (SSSR count). The van der Waals surface area contributed by atoms with Gasteiger partial charge in [-0.1, -0.05) is 72.4 Å². The number of aromatic nitrogens is 2. The van der Waals surface area contributed by atoms with E-state index in [-0.39, 0.29) is 33.3 Å². The largest absolute Gasteiger partial charge is 0.507 e. The summed E-state index contributed by atoms with van der Waals surface area (Å²) in [5.41, 5.74) is 3.26. The van der Waals surface area contributed by atoms with Gasteiger partial charge in [-0.05, 0) is 48.7 Å². The molecule has 0 atom stereocenters. The number of hydrogen-bond donors (Lipinski definition) is 3. The molecule has 1 aromatic heterocycles. The number of amides is 2. The number of phenolic OH excluding ortho intramolecular Hbond substituents is 1. The molecule has 4 aromatic rings. The molecule has 2 amide bonds.